The van der Waals surface area contributed by atoms with Crippen molar-refractivity contribution >= 4 is 46.3 Å². The Balaban J connectivity index is 0.887. The number of nitrogens with two attached hydrogens (primary N) is 1. The van der Waals surface area contributed by atoms with Crippen molar-refractivity contribution in [2.24, 2.45) is 5.73 Å². The molecule has 5 N–H and O–H groups in total. The van der Waals surface area contributed by atoms with Gasteiger partial charge in [-0.15, -0.1) is 11.3 Å². The quantitative estimate of drug-likeness (QED) is 0.109. The SMILES string of the molecule is NC(Cc1cscn1)C(=O)NCCCCCCOc1ccc(NC(=O)c2ccc(CN(C(=O)c3ccc4c(c3)OCC(=O)N4)C3CC3)cc2)cc1. The lowest BCUT2D eigenvalue weighted by atomic mass is 10.1. The molecule has 1 aliphatic carbocycles. The Labute approximate surface area is 300 Å². The maximum Gasteiger partial charge on any atom is 0.262 e. The van der Waals surface area contributed by atoms with Gasteiger partial charge in [-0.05, 0) is 85.8 Å². The molecular formula is C38H42N6O6S. The molecule has 2 aliphatic rings. The molecule has 2 heterocycles. The van der Waals surface area contributed by atoms with Crippen molar-refractivity contribution in [2.45, 2.75) is 63.6 Å². The average molecular weight is 711 g/mol. The maximum absolute atomic E-state index is 13.5. The molecule has 1 aromatic heterocycles. The van der Waals surface area contributed by atoms with Gasteiger partial charge < -0.3 is 36.1 Å². The van der Waals surface area contributed by atoms with Gasteiger partial charge in [-0.3, -0.25) is 19.2 Å². The smallest absolute Gasteiger partial charge is 0.262 e. The Morgan fingerprint density at radius 2 is 1.76 bits per heavy atom. The number of carbonyl (C=O) groups is 4. The van der Waals surface area contributed by atoms with Crippen molar-refractivity contribution in [1.29, 1.82) is 0 Å². The van der Waals surface area contributed by atoms with Crippen LogP contribution in [-0.4, -0.2) is 65.4 Å². The van der Waals surface area contributed by atoms with Crippen molar-refractivity contribution in [2.75, 3.05) is 30.4 Å². The number of ether oxygens (including phenoxy) is 2. The summed E-state index contributed by atoms with van der Waals surface area (Å²) in [5.41, 5.74) is 11.7. The molecular weight excluding hydrogens is 669 g/mol. The second-order valence-electron chi connectivity index (χ2n) is 12.7. The third-order valence-electron chi connectivity index (χ3n) is 8.68. The van der Waals surface area contributed by atoms with Crippen molar-refractivity contribution in [3.05, 3.63) is 100 Å². The Morgan fingerprint density at radius 1 is 1.00 bits per heavy atom. The zero-order chi connectivity index (χ0) is 35.6. The summed E-state index contributed by atoms with van der Waals surface area (Å²) in [6, 6.07) is 19.2. The Kier molecular flexibility index (Phi) is 11.9. The first kappa shape index (κ1) is 35.6. The van der Waals surface area contributed by atoms with Crippen LogP contribution in [0.15, 0.2) is 77.6 Å². The molecule has 266 valence electrons. The summed E-state index contributed by atoms with van der Waals surface area (Å²) in [6.45, 7) is 1.52. The number of hydrogen-bond acceptors (Lipinski definition) is 9. The van der Waals surface area contributed by atoms with E-state index >= 15 is 0 Å². The second kappa shape index (κ2) is 17.1. The van der Waals surface area contributed by atoms with Crippen molar-refractivity contribution in [1.82, 2.24) is 15.2 Å². The van der Waals surface area contributed by atoms with Gasteiger partial charge in [0.1, 0.15) is 11.5 Å². The monoisotopic (exact) mass is 710 g/mol. The second-order valence-corrected chi connectivity index (χ2v) is 13.5. The first-order valence-electron chi connectivity index (χ1n) is 17.2. The van der Waals surface area contributed by atoms with Gasteiger partial charge in [-0.2, -0.15) is 0 Å². The summed E-state index contributed by atoms with van der Waals surface area (Å²) in [7, 11) is 0. The van der Waals surface area contributed by atoms with Crippen LogP contribution < -0.4 is 31.2 Å². The number of benzene rings is 3. The van der Waals surface area contributed by atoms with Crippen molar-refractivity contribution in [3.8, 4) is 11.5 Å². The lowest BCUT2D eigenvalue weighted by Crippen LogP contribution is -2.42. The van der Waals surface area contributed by atoms with E-state index in [-0.39, 0.29) is 36.3 Å². The van der Waals surface area contributed by atoms with Gasteiger partial charge >= 0.3 is 0 Å². The third-order valence-corrected chi connectivity index (χ3v) is 9.31. The molecule has 0 radical (unpaired) electrons. The van der Waals surface area contributed by atoms with Crippen LogP contribution in [-0.2, 0) is 22.6 Å². The van der Waals surface area contributed by atoms with E-state index in [2.05, 4.69) is 20.9 Å². The molecule has 51 heavy (non-hydrogen) atoms. The van der Waals surface area contributed by atoms with Crippen LogP contribution in [0.1, 0.15) is 70.5 Å². The van der Waals surface area contributed by atoms with Gasteiger partial charge in [0.25, 0.3) is 17.7 Å². The molecule has 0 spiro atoms. The molecule has 1 saturated carbocycles. The minimum Gasteiger partial charge on any atom is -0.494 e. The lowest BCUT2D eigenvalue weighted by Gasteiger charge is -2.24. The Morgan fingerprint density at radius 3 is 2.51 bits per heavy atom. The molecule has 3 aromatic carbocycles. The first-order valence-corrected chi connectivity index (χ1v) is 18.2. The third kappa shape index (κ3) is 10.1. The van der Waals surface area contributed by atoms with Crippen LogP contribution in [0.2, 0.25) is 0 Å². The predicted molar refractivity (Wildman–Crippen MR) is 195 cm³/mol. The molecule has 6 rings (SSSR count). The molecule has 4 amide bonds. The zero-order valence-electron chi connectivity index (χ0n) is 28.3. The molecule has 1 unspecified atom stereocenters. The maximum atomic E-state index is 13.5. The zero-order valence-corrected chi connectivity index (χ0v) is 29.1. The fourth-order valence-electron chi connectivity index (χ4n) is 5.69. The minimum atomic E-state index is -0.585. The topological polar surface area (TPSA) is 165 Å². The molecule has 1 fully saturated rings. The highest BCUT2D eigenvalue weighted by Crippen LogP contribution is 2.33. The first-order chi connectivity index (χ1) is 24.8. The standard InChI is InChI=1S/C38H42N6O6S/c39-32(20-29-23-51-24-41-29)37(47)40-17-3-1-2-4-18-49-31-14-10-28(11-15-31)42-36(46)26-7-5-25(6-8-26)21-44(30-12-13-30)38(48)27-9-16-33-34(19-27)50-22-35(45)43-33/h5-11,14-16,19,23-24,30,32H,1-4,12-13,17-18,20-22,39H2,(H,40,47)(H,42,46)(H,43,45). The summed E-state index contributed by atoms with van der Waals surface area (Å²) in [4.78, 5) is 56.2. The van der Waals surface area contributed by atoms with Gasteiger partial charge in [0.05, 0.1) is 29.5 Å². The number of thiazole rings is 1. The molecule has 0 bridgehead atoms. The number of hydrogen-bond donors (Lipinski definition) is 4. The number of nitrogens with zero attached hydrogens (tertiary/aromatic N) is 2. The Hall–Kier alpha value is -5.27. The van der Waals surface area contributed by atoms with E-state index < -0.39 is 6.04 Å². The summed E-state index contributed by atoms with van der Waals surface area (Å²) >= 11 is 1.49. The van der Waals surface area contributed by atoms with E-state index in [1.54, 1.807) is 35.8 Å². The molecule has 12 nitrogen and oxygen atoms in total. The number of nitrogens with one attached hydrogen (secondary N) is 3. The summed E-state index contributed by atoms with van der Waals surface area (Å²) < 4.78 is 11.4. The summed E-state index contributed by atoms with van der Waals surface area (Å²) in [5.74, 6) is 0.512. The molecule has 4 aromatic rings. The highest BCUT2D eigenvalue weighted by molar-refractivity contribution is 7.07. The van der Waals surface area contributed by atoms with Crippen LogP contribution in [0.3, 0.4) is 0 Å². The summed E-state index contributed by atoms with van der Waals surface area (Å²) in [6.07, 6.45) is 6.06. The number of carbonyl (C=O) groups excluding carboxylic acids is 4. The van der Waals surface area contributed by atoms with Gasteiger partial charge in [0.2, 0.25) is 5.91 Å². The van der Waals surface area contributed by atoms with Crippen LogP contribution in [0.5, 0.6) is 11.5 Å². The average Bonchev–Trinajstić information content (AvgIpc) is 3.86. The van der Waals surface area contributed by atoms with Crippen LogP contribution in [0, 0.1) is 0 Å². The van der Waals surface area contributed by atoms with E-state index in [0.717, 1.165) is 55.5 Å². The van der Waals surface area contributed by atoms with Crippen LogP contribution in [0.25, 0.3) is 0 Å². The normalized spacial score (nSPS) is 14.0. The number of anilines is 2. The van der Waals surface area contributed by atoms with Gasteiger partial charge in [-0.25, -0.2) is 4.98 Å². The van der Waals surface area contributed by atoms with Crippen molar-refractivity contribution in [3.63, 3.8) is 0 Å². The largest absolute Gasteiger partial charge is 0.494 e. The number of unbranched alkanes of at least 4 members (excludes halogenated alkanes) is 3. The van der Waals surface area contributed by atoms with Crippen LogP contribution >= 0.6 is 11.3 Å². The number of aromatic nitrogens is 1. The van der Waals surface area contributed by atoms with E-state index in [4.69, 9.17) is 15.2 Å². The van der Waals surface area contributed by atoms with Gasteiger partial charge in [-0.1, -0.05) is 25.0 Å². The highest BCUT2D eigenvalue weighted by atomic mass is 32.1. The molecule has 1 atom stereocenters. The van der Waals surface area contributed by atoms with E-state index in [1.165, 1.54) is 11.3 Å². The van der Waals surface area contributed by atoms with E-state index in [9.17, 15) is 19.2 Å². The van der Waals surface area contributed by atoms with Crippen molar-refractivity contribution < 1.29 is 28.7 Å². The fraction of sp³-hybridized carbons (Fsp3) is 0.342. The molecule has 0 saturated heterocycles. The predicted octanol–water partition coefficient (Wildman–Crippen LogP) is 5.16. The van der Waals surface area contributed by atoms with E-state index in [0.29, 0.717) is 54.4 Å². The van der Waals surface area contributed by atoms with Gasteiger partial charge in [0.15, 0.2) is 6.61 Å². The number of fused-ring (bicyclic) bond motifs is 1. The molecule has 13 heteroatoms. The fourth-order valence-corrected chi connectivity index (χ4v) is 6.26. The van der Waals surface area contributed by atoms with E-state index in [1.807, 2.05) is 46.7 Å². The number of rotatable bonds is 17. The van der Waals surface area contributed by atoms with Crippen LogP contribution in [0.4, 0.5) is 11.4 Å². The van der Waals surface area contributed by atoms with Gasteiger partial charge in [0, 0.05) is 47.7 Å². The molecule has 1 aliphatic heterocycles. The summed E-state index contributed by atoms with van der Waals surface area (Å²) in [5, 5.41) is 10.5. The lowest BCUT2D eigenvalue weighted by molar-refractivity contribution is -0.122. The minimum absolute atomic E-state index is 0.0735. The highest BCUT2D eigenvalue weighted by Gasteiger charge is 2.33. The Bertz CT molecular complexity index is 1810. The number of amides is 4.